The summed E-state index contributed by atoms with van der Waals surface area (Å²) in [6.45, 7) is 2.53. The van der Waals surface area contributed by atoms with Crippen LogP contribution in [0.2, 0.25) is 5.02 Å². The molecule has 10 heteroatoms. The summed E-state index contributed by atoms with van der Waals surface area (Å²) in [6.07, 6.45) is 1.99. The normalized spacial score (nSPS) is 10.6. The molecule has 0 aliphatic heterocycles. The van der Waals surface area contributed by atoms with Gasteiger partial charge in [0, 0.05) is 31.0 Å². The maximum absolute atomic E-state index is 12.0. The van der Waals surface area contributed by atoms with Gasteiger partial charge in [0.2, 0.25) is 0 Å². The van der Waals surface area contributed by atoms with Crippen molar-refractivity contribution in [3.8, 4) is 5.75 Å². The molecular weight excluding hydrogens is 436 g/mol. The predicted molar refractivity (Wildman–Crippen MR) is 122 cm³/mol. The Balaban J connectivity index is 1.74. The van der Waals surface area contributed by atoms with E-state index in [0.717, 1.165) is 5.56 Å². The number of carbonyl (C=O) groups excluding carboxylic acids is 3. The van der Waals surface area contributed by atoms with Crippen LogP contribution in [0.4, 0.5) is 5.69 Å². The van der Waals surface area contributed by atoms with Crippen molar-refractivity contribution in [1.82, 2.24) is 10.7 Å². The number of methoxy groups -OCH3 is 1. The van der Waals surface area contributed by atoms with Gasteiger partial charge in [0.25, 0.3) is 5.91 Å². The van der Waals surface area contributed by atoms with Crippen molar-refractivity contribution in [2.24, 2.45) is 5.10 Å². The number of aryl methyl sites for hydroxylation is 1. The van der Waals surface area contributed by atoms with Crippen LogP contribution in [0, 0.1) is 6.92 Å². The van der Waals surface area contributed by atoms with Crippen molar-refractivity contribution >= 4 is 41.2 Å². The highest BCUT2D eigenvalue weighted by atomic mass is 35.5. The van der Waals surface area contributed by atoms with Crippen LogP contribution < -0.4 is 20.8 Å². The molecule has 2 aromatic carbocycles. The molecule has 0 saturated carbocycles. The minimum Gasteiger partial charge on any atom is -0.484 e. The SMILES string of the molecule is COCCCNC(=O)C(=O)N/N=C\c1ccc(OCC(=O)Nc2ccc(C)c(Cl)c2)cc1. The number of ether oxygens (including phenoxy) is 2. The van der Waals surface area contributed by atoms with E-state index in [2.05, 4.69) is 21.2 Å². The van der Waals surface area contributed by atoms with Crippen molar-refractivity contribution in [3.63, 3.8) is 0 Å². The number of hydrazone groups is 1. The number of rotatable bonds is 10. The van der Waals surface area contributed by atoms with Crippen molar-refractivity contribution in [3.05, 3.63) is 58.6 Å². The summed E-state index contributed by atoms with van der Waals surface area (Å²) in [5.74, 6) is -1.47. The second-order valence-electron chi connectivity index (χ2n) is 6.67. The molecule has 0 unspecified atom stereocenters. The Bertz CT molecular complexity index is 963. The van der Waals surface area contributed by atoms with Gasteiger partial charge >= 0.3 is 11.8 Å². The number of nitrogens with one attached hydrogen (secondary N) is 3. The van der Waals surface area contributed by atoms with E-state index in [0.29, 0.717) is 41.6 Å². The van der Waals surface area contributed by atoms with Crippen LogP contribution in [0.15, 0.2) is 47.6 Å². The van der Waals surface area contributed by atoms with Crippen LogP contribution in [0.1, 0.15) is 17.5 Å². The van der Waals surface area contributed by atoms with E-state index in [1.54, 1.807) is 43.5 Å². The summed E-state index contributed by atoms with van der Waals surface area (Å²) in [4.78, 5) is 35.2. The molecule has 0 aliphatic rings. The van der Waals surface area contributed by atoms with Gasteiger partial charge in [0.05, 0.1) is 6.21 Å². The highest BCUT2D eigenvalue weighted by Crippen LogP contribution is 2.20. The van der Waals surface area contributed by atoms with E-state index < -0.39 is 11.8 Å². The Kier molecular flexibility index (Phi) is 10.2. The molecule has 3 amide bonds. The van der Waals surface area contributed by atoms with E-state index >= 15 is 0 Å². The van der Waals surface area contributed by atoms with Gasteiger partial charge in [-0.2, -0.15) is 5.10 Å². The smallest absolute Gasteiger partial charge is 0.329 e. The highest BCUT2D eigenvalue weighted by Gasteiger charge is 2.11. The largest absolute Gasteiger partial charge is 0.484 e. The number of nitrogens with zero attached hydrogens (tertiary/aromatic N) is 1. The van der Waals surface area contributed by atoms with Crippen LogP contribution in [0.3, 0.4) is 0 Å². The fraction of sp³-hybridized carbons (Fsp3) is 0.273. The van der Waals surface area contributed by atoms with E-state index in [1.165, 1.54) is 6.21 Å². The Morgan fingerprint density at radius 1 is 1.09 bits per heavy atom. The molecule has 0 radical (unpaired) electrons. The van der Waals surface area contributed by atoms with Gasteiger partial charge in [-0.15, -0.1) is 0 Å². The van der Waals surface area contributed by atoms with Gasteiger partial charge in [0.15, 0.2) is 6.61 Å². The minimum atomic E-state index is -0.862. The Hall–Kier alpha value is -3.43. The van der Waals surface area contributed by atoms with Crippen molar-refractivity contribution in [2.75, 3.05) is 32.2 Å². The lowest BCUT2D eigenvalue weighted by atomic mass is 10.2. The molecule has 0 saturated heterocycles. The number of amides is 3. The Morgan fingerprint density at radius 2 is 1.84 bits per heavy atom. The van der Waals surface area contributed by atoms with Gasteiger partial charge in [-0.05, 0) is 60.9 Å². The minimum absolute atomic E-state index is 0.172. The standard InChI is InChI=1S/C22H25ClN4O5/c1-15-4-7-17(12-19(15)23)26-20(28)14-32-18-8-5-16(6-9-18)13-25-27-22(30)21(29)24-10-3-11-31-2/h4-9,12-13H,3,10-11,14H2,1-2H3,(H,24,29)(H,26,28)(H,27,30)/b25-13-. The number of hydrogen-bond donors (Lipinski definition) is 3. The van der Waals surface area contributed by atoms with Crippen molar-refractivity contribution in [2.45, 2.75) is 13.3 Å². The van der Waals surface area contributed by atoms with Crippen LogP contribution in [0.25, 0.3) is 0 Å². The first kappa shape index (κ1) is 24.8. The number of anilines is 1. The predicted octanol–water partition coefficient (Wildman–Crippen LogP) is 2.27. The van der Waals surface area contributed by atoms with Gasteiger partial charge in [-0.3, -0.25) is 14.4 Å². The van der Waals surface area contributed by atoms with Crippen LogP contribution in [-0.2, 0) is 19.1 Å². The highest BCUT2D eigenvalue weighted by molar-refractivity contribution is 6.35. The zero-order valence-electron chi connectivity index (χ0n) is 17.8. The zero-order chi connectivity index (χ0) is 23.3. The average Bonchev–Trinajstić information content (AvgIpc) is 2.78. The second kappa shape index (κ2) is 13.1. The molecule has 0 spiro atoms. The quantitative estimate of drug-likeness (QED) is 0.217. The van der Waals surface area contributed by atoms with E-state index in [-0.39, 0.29) is 12.5 Å². The molecule has 0 aliphatic carbocycles. The number of benzene rings is 2. The van der Waals surface area contributed by atoms with E-state index in [4.69, 9.17) is 21.1 Å². The third-order valence-corrected chi connectivity index (χ3v) is 4.51. The van der Waals surface area contributed by atoms with Crippen molar-refractivity contribution < 1.29 is 23.9 Å². The summed E-state index contributed by atoms with van der Waals surface area (Å²) < 4.78 is 10.3. The number of hydrogen-bond acceptors (Lipinski definition) is 6. The van der Waals surface area contributed by atoms with E-state index in [1.807, 2.05) is 13.0 Å². The maximum Gasteiger partial charge on any atom is 0.329 e. The summed E-state index contributed by atoms with van der Waals surface area (Å²) >= 11 is 6.04. The Morgan fingerprint density at radius 3 is 2.53 bits per heavy atom. The lowest BCUT2D eigenvalue weighted by Crippen LogP contribution is -2.38. The van der Waals surface area contributed by atoms with Crippen LogP contribution in [-0.4, -0.2) is 50.8 Å². The Labute approximate surface area is 191 Å². The molecule has 0 fully saturated rings. The maximum atomic E-state index is 12.0. The molecule has 170 valence electrons. The second-order valence-corrected chi connectivity index (χ2v) is 7.08. The summed E-state index contributed by atoms with van der Waals surface area (Å²) in [5.41, 5.74) is 4.33. The lowest BCUT2D eigenvalue weighted by Gasteiger charge is -2.08. The molecule has 0 aromatic heterocycles. The summed E-state index contributed by atoms with van der Waals surface area (Å²) in [6, 6.07) is 11.9. The van der Waals surface area contributed by atoms with Gasteiger partial charge < -0.3 is 20.1 Å². The van der Waals surface area contributed by atoms with Gasteiger partial charge in [-0.1, -0.05) is 17.7 Å². The number of halogens is 1. The summed E-state index contributed by atoms with van der Waals surface area (Å²) in [7, 11) is 1.56. The molecule has 0 heterocycles. The molecule has 2 aromatic rings. The average molecular weight is 461 g/mol. The van der Waals surface area contributed by atoms with E-state index in [9.17, 15) is 14.4 Å². The molecule has 9 nitrogen and oxygen atoms in total. The molecule has 2 rings (SSSR count). The molecule has 32 heavy (non-hydrogen) atoms. The first-order valence-corrected chi connectivity index (χ1v) is 10.2. The van der Waals surface area contributed by atoms with Crippen LogP contribution >= 0.6 is 11.6 Å². The monoisotopic (exact) mass is 460 g/mol. The number of carbonyl (C=O) groups is 3. The first-order chi connectivity index (χ1) is 15.4. The topological polar surface area (TPSA) is 118 Å². The summed E-state index contributed by atoms with van der Waals surface area (Å²) in [5, 5.41) is 9.48. The van der Waals surface area contributed by atoms with Crippen molar-refractivity contribution in [1.29, 1.82) is 0 Å². The first-order valence-electron chi connectivity index (χ1n) is 9.78. The van der Waals surface area contributed by atoms with Gasteiger partial charge in [0.1, 0.15) is 5.75 Å². The van der Waals surface area contributed by atoms with Gasteiger partial charge in [-0.25, -0.2) is 5.43 Å². The fourth-order valence-electron chi connectivity index (χ4n) is 2.38. The van der Waals surface area contributed by atoms with Crippen LogP contribution in [0.5, 0.6) is 5.75 Å². The molecule has 0 bridgehead atoms. The third kappa shape index (κ3) is 8.75. The molecule has 0 atom stereocenters. The molecule has 3 N–H and O–H groups in total. The lowest BCUT2D eigenvalue weighted by molar-refractivity contribution is -0.139. The molecular formula is C22H25ClN4O5. The fourth-order valence-corrected chi connectivity index (χ4v) is 2.56. The zero-order valence-corrected chi connectivity index (χ0v) is 18.6. The third-order valence-electron chi connectivity index (χ3n) is 4.10.